The van der Waals surface area contributed by atoms with Crippen molar-refractivity contribution < 1.29 is 9.53 Å². The van der Waals surface area contributed by atoms with Crippen molar-refractivity contribution >= 4 is 27.5 Å². The fraction of sp³-hybridized carbons (Fsp3) is 0.462. The topological polar surface area (TPSA) is 50.4 Å². The number of carbonyl (C=O) groups excluding carboxylic acids is 1. The molecule has 2 rings (SSSR count). The maximum absolute atomic E-state index is 12.4. The van der Waals surface area contributed by atoms with E-state index >= 15 is 0 Å². The Bertz CT molecular complexity index is 431. The largest absolute Gasteiger partial charge is 0.384 e. The van der Waals surface area contributed by atoms with E-state index in [0.29, 0.717) is 13.2 Å². The highest BCUT2D eigenvalue weighted by atomic mass is 79.9. The van der Waals surface area contributed by atoms with E-state index in [1.165, 1.54) is 0 Å². The standard InChI is InChI=1S/C13H17BrN2O2/c1-18-9-13(5-6-15-8-13)12(17)16-11-4-2-3-10(14)7-11/h2-4,7,15H,5-6,8-9H2,1H3,(H,16,17). The molecule has 4 nitrogen and oxygen atoms in total. The quantitative estimate of drug-likeness (QED) is 0.894. The molecular formula is C13H17BrN2O2. The summed E-state index contributed by atoms with van der Waals surface area (Å²) in [6, 6.07) is 7.60. The third-order valence-corrected chi connectivity index (χ3v) is 3.72. The van der Waals surface area contributed by atoms with Gasteiger partial charge < -0.3 is 15.4 Å². The molecule has 0 bridgehead atoms. The molecule has 1 saturated heterocycles. The van der Waals surface area contributed by atoms with Crippen LogP contribution in [-0.2, 0) is 9.53 Å². The molecule has 1 unspecified atom stereocenters. The van der Waals surface area contributed by atoms with Crippen molar-refractivity contribution in [3.05, 3.63) is 28.7 Å². The van der Waals surface area contributed by atoms with Crippen LogP contribution in [0.4, 0.5) is 5.69 Å². The van der Waals surface area contributed by atoms with Gasteiger partial charge in [0.15, 0.2) is 0 Å². The number of hydrogen-bond acceptors (Lipinski definition) is 3. The summed E-state index contributed by atoms with van der Waals surface area (Å²) in [4.78, 5) is 12.4. The molecule has 18 heavy (non-hydrogen) atoms. The Morgan fingerprint density at radius 2 is 2.44 bits per heavy atom. The van der Waals surface area contributed by atoms with Gasteiger partial charge in [0.1, 0.15) is 0 Å². The molecule has 1 fully saturated rings. The van der Waals surface area contributed by atoms with Crippen LogP contribution >= 0.6 is 15.9 Å². The second kappa shape index (κ2) is 5.82. The van der Waals surface area contributed by atoms with Gasteiger partial charge in [-0.1, -0.05) is 22.0 Å². The average molecular weight is 313 g/mol. The molecule has 1 aliphatic heterocycles. The Labute approximate surface area is 115 Å². The first kappa shape index (κ1) is 13.5. The molecule has 1 atom stereocenters. The smallest absolute Gasteiger partial charge is 0.234 e. The lowest BCUT2D eigenvalue weighted by Gasteiger charge is -2.25. The maximum Gasteiger partial charge on any atom is 0.234 e. The zero-order chi connectivity index (χ0) is 13.0. The van der Waals surface area contributed by atoms with Gasteiger partial charge in [-0.05, 0) is 31.2 Å². The molecule has 2 N–H and O–H groups in total. The molecule has 1 amide bonds. The van der Waals surface area contributed by atoms with Gasteiger partial charge in [0.05, 0.1) is 12.0 Å². The highest BCUT2D eigenvalue weighted by Crippen LogP contribution is 2.28. The zero-order valence-corrected chi connectivity index (χ0v) is 11.9. The minimum Gasteiger partial charge on any atom is -0.384 e. The number of amides is 1. The van der Waals surface area contributed by atoms with Gasteiger partial charge in [-0.2, -0.15) is 0 Å². The lowest BCUT2D eigenvalue weighted by molar-refractivity contribution is -0.127. The van der Waals surface area contributed by atoms with Gasteiger partial charge in [-0.25, -0.2) is 0 Å². The number of rotatable bonds is 4. The number of methoxy groups -OCH3 is 1. The van der Waals surface area contributed by atoms with Crippen molar-refractivity contribution in [2.24, 2.45) is 5.41 Å². The Hall–Kier alpha value is -0.910. The summed E-state index contributed by atoms with van der Waals surface area (Å²) in [5.74, 6) is 0.0208. The molecule has 1 aromatic rings. The summed E-state index contributed by atoms with van der Waals surface area (Å²) in [5, 5.41) is 6.19. The fourth-order valence-electron chi connectivity index (χ4n) is 2.23. The first-order valence-corrected chi connectivity index (χ1v) is 6.72. The molecular weight excluding hydrogens is 296 g/mol. The van der Waals surface area contributed by atoms with Crippen LogP contribution < -0.4 is 10.6 Å². The first-order valence-electron chi connectivity index (χ1n) is 5.93. The van der Waals surface area contributed by atoms with E-state index in [-0.39, 0.29) is 5.91 Å². The van der Waals surface area contributed by atoms with Crippen molar-refractivity contribution in [3.8, 4) is 0 Å². The molecule has 1 aromatic carbocycles. The molecule has 1 heterocycles. The number of nitrogens with one attached hydrogen (secondary N) is 2. The minimum absolute atomic E-state index is 0.0208. The molecule has 0 aliphatic carbocycles. The van der Waals surface area contributed by atoms with Crippen molar-refractivity contribution in [3.63, 3.8) is 0 Å². The van der Waals surface area contributed by atoms with E-state index in [0.717, 1.165) is 23.1 Å². The third kappa shape index (κ3) is 2.91. The molecule has 0 aromatic heterocycles. The Balaban J connectivity index is 2.10. The number of halogens is 1. The third-order valence-electron chi connectivity index (χ3n) is 3.23. The SMILES string of the molecule is COCC1(C(=O)Nc2cccc(Br)c2)CCNC1. The van der Waals surface area contributed by atoms with E-state index in [1.54, 1.807) is 7.11 Å². The summed E-state index contributed by atoms with van der Waals surface area (Å²) in [7, 11) is 1.63. The molecule has 0 radical (unpaired) electrons. The number of hydrogen-bond donors (Lipinski definition) is 2. The Morgan fingerprint density at radius 3 is 3.06 bits per heavy atom. The Morgan fingerprint density at radius 1 is 1.61 bits per heavy atom. The Kier molecular flexibility index (Phi) is 4.37. The van der Waals surface area contributed by atoms with Crippen LogP contribution in [0.1, 0.15) is 6.42 Å². The maximum atomic E-state index is 12.4. The monoisotopic (exact) mass is 312 g/mol. The van der Waals surface area contributed by atoms with E-state index in [4.69, 9.17) is 4.74 Å². The number of benzene rings is 1. The van der Waals surface area contributed by atoms with Gasteiger partial charge >= 0.3 is 0 Å². The van der Waals surface area contributed by atoms with Crippen LogP contribution in [-0.4, -0.2) is 32.7 Å². The van der Waals surface area contributed by atoms with Gasteiger partial charge in [0.25, 0.3) is 0 Å². The normalized spacial score (nSPS) is 23.0. The lowest BCUT2D eigenvalue weighted by Crippen LogP contribution is -2.41. The average Bonchev–Trinajstić information content (AvgIpc) is 2.79. The molecule has 0 saturated carbocycles. The molecule has 5 heteroatoms. The summed E-state index contributed by atoms with van der Waals surface area (Å²) in [6.07, 6.45) is 0.806. The van der Waals surface area contributed by atoms with Gasteiger partial charge in [-0.3, -0.25) is 4.79 Å². The minimum atomic E-state index is -0.447. The summed E-state index contributed by atoms with van der Waals surface area (Å²) < 4.78 is 6.15. The van der Waals surface area contributed by atoms with E-state index < -0.39 is 5.41 Å². The van der Waals surface area contributed by atoms with Crippen molar-refractivity contribution in [1.29, 1.82) is 0 Å². The second-order valence-corrected chi connectivity index (χ2v) is 5.52. The van der Waals surface area contributed by atoms with Crippen LogP contribution in [0.25, 0.3) is 0 Å². The van der Waals surface area contributed by atoms with E-state index in [1.807, 2.05) is 24.3 Å². The second-order valence-electron chi connectivity index (χ2n) is 4.60. The van der Waals surface area contributed by atoms with Gasteiger partial charge in [0, 0.05) is 23.8 Å². The fourth-order valence-corrected chi connectivity index (χ4v) is 2.63. The van der Waals surface area contributed by atoms with E-state index in [9.17, 15) is 4.79 Å². The first-order chi connectivity index (χ1) is 8.66. The highest BCUT2D eigenvalue weighted by Gasteiger charge is 2.41. The van der Waals surface area contributed by atoms with Crippen LogP contribution in [0, 0.1) is 5.41 Å². The van der Waals surface area contributed by atoms with Crippen molar-refractivity contribution in [2.45, 2.75) is 6.42 Å². The molecule has 1 aliphatic rings. The van der Waals surface area contributed by atoms with Crippen LogP contribution in [0.5, 0.6) is 0 Å². The summed E-state index contributed by atoms with van der Waals surface area (Å²) in [6.45, 7) is 1.97. The van der Waals surface area contributed by atoms with E-state index in [2.05, 4.69) is 26.6 Å². The highest BCUT2D eigenvalue weighted by molar-refractivity contribution is 9.10. The molecule has 0 spiro atoms. The van der Waals surface area contributed by atoms with Crippen LogP contribution in [0.15, 0.2) is 28.7 Å². The number of ether oxygens (including phenoxy) is 1. The van der Waals surface area contributed by atoms with Crippen LogP contribution in [0.3, 0.4) is 0 Å². The van der Waals surface area contributed by atoms with Crippen molar-refractivity contribution in [1.82, 2.24) is 5.32 Å². The van der Waals surface area contributed by atoms with Crippen molar-refractivity contribution in [2.75, 3.05) is 32.1 Å². The predicted molar refractivity (Wildman–Crippen MR) is 74.6 cm³/mol. The van der Waals surface area contributed by atoms with Gasteiger partial charge in [0.2, 0.25) is 5.91 Å². The summed E-state index contributed by atoms with van der Waals surface area (Å²) in [5.41, 5.74) is 0.355. The summed E-state index contributed by atoms with van der Waals surface area (Å²) >= 11 is 3.39. The molecule has 98 valence electrons. The number of anilines is 1. The van der Waals surface area contributed by atoms with Gasteiger partial charge in [-0.15, -0.1) is 0 Å². The lowest BCUT2D eigenvalue weighted by atomic mass is 9.87. The number of carbonyl (C=O) groups is 1. The zero-order valence-electron chi connectivity index (χ0n) is 10.3. The van der Waals surface area contributed by atoms with Crippen LogP contribution in [0.2, 0.25) is 0 Å². The predicted octanol–water partition coefficient (Wildman–Crippen LogP) is 2.01.